The first-order chi connectivity index (χ1) is 13.0. The lowest BCUT2D eigenvalue weighted by Crippen LogP contribution is -2.31. The Hall–Kier alpha value is -2.85. The smallest absolute Gasteiger partial charge is 0.259 e. The number of carbonyl (C=O) groups excluding carboxylic acids is 1. The van der Waals surface area contributed by atoms with E-state index < -0.39 is 0 Å². The molecule has 0 aliphatic rings. The lowest BCUT2D eigenvalue weighted by atomic mass is 10.1. The highest BCUT2D eigenvalue weighted by Crippen LogP contribution is 2.21. The molecule has 0 aliphatic heterocycles. The van der Waals surface area contributed by atoms with Gasteiger partial charge in [-0.2, -0.15) is 0 Å². The van der Waals surface area contributed by atoms with E-state index in [2.05, 4.69) is 4.98 Å². The number of rotatable bonds is 6. The number of amides is 1. The number of halogens is 1. The van der Waals surface area contributed by atoms with Gasteiger partial charge in [0.15, 0.2) is 0 Å². The van der Waals surface area contributed by atoms with Gasteiger partial charge >= 0.3 is 0 Å². The zero-order chi connectivity index (χ0) is 19.2. The molecule has 0 fully saturated rings. The van der Waals surface area contributed by atoms with Gasteiger partial charge in [0, 0.05) is 16.8 Å². The summed E-state index contributed by atoms with van der Waals surface area (Å²) in [5.41, 5.74) is 1.50. The van der Waals surface area contributed by atoms with E-state index in [0.29, 0.717) is 22.9 Å². The number of aromatic nitrogens is 1. The first kappa shape index (κ1) is 18.9. The van der Waals surface area contributed by atoms with E-state index >= 15 is 0 Å². The van der Waals surface area contributed by atoms with Crippen LogP contribution in [0.1, 0.15) is 29.8 Å². The molecule has 1 aromatic heterocycles. The minimum absolute atomic E-state index is 0.0828. The Morgan fingerprint density at radius 2 is 1.85 bits per heavy atom. The molecular weight excluding hydrogens is 360 g/mol. The summed E-state index contributed by atoms with van der Waals surface area (Å²) in [5.74, 6) is 1.19. The number of nitrogens with zero attached hydrogens (tertiary/aromatic N) is 2. The van der Waals surface area contributed by atoms with Crippen molar-refractivity contribution in [2.24, 2.45) is 0 Å². The van der Waals surface area contributed by atoms with Crippen molar-refractivity contribution < 1.29 is 9.53 Å². The van der Waals surface area contributed by atoms with E-state index in [0.717, 1.165) is 11.3 Å². The Morgan fingerprint density at radius 1 is 1.07 bits per heavy atom. The zero-order valence-corrected chi connectivity index (χ0v) is 16.1. The van der Waals surface area contributed by atoms with Crippen molar-refractivity contribution in [3.8, 4) is 5.75 Å². The molecule has 0 spiro atoms. The largest absolute Gasteiger partial charge is 0.491 e. The number of anilines is 1. The summed E-state index contributed by atoms with van der Waals surface area (Å²) in [6.45, 7) is 4.31. The van der Waals surface area contributed by atoms with E-state index in [1.165, 1.54) is 0 Å². The fourth-order valence-electron chi connectivity index (χ4n) is 2.69. The molecule has 3 rings (SSSR count). The van der Waals surface area contributed by atoms with Crippen molar-refractivity contribution in [3.05, 3.63) is 89.1 Å². The summed E-state index contributed by atoms with van der Waals surface area (Å²) in [6, 6.07) is 20.1. The van der Waals surface area contributed by atoms with Gasteiger partial charge in [0.2, 0.25) is 0 Å². The Bertz CT molecular complexity index is 896. The van der Waals surface area contributed by atoms with Gasteiger partial charge in [0.05, 0.1) is 12.6 Å². The van der Waals surface area contributed by atoms with Crippen LogP contribution in [-0.2, 0) is 6.54 Å². The lowest BCUT2D eigenvalue weighted by molar-refractivity contribution is 0.0984. The van der Waals surface area contributed by atoms with Crippen LogP contribution in [0, 0.1) is 0 Å². The quantitative estimate of drug-likeness (QED) is 0.577. The third-order valence-corrected chi connectivity index (χ3v) is 4.11. The highest BCUT2D eigenvalue weighted by atomic mass is 35.5. The van der Waals surface area contributed by atoms with Crippen LogP contribution in [0.2, 0.25) is 5.02 Å². The second-order valence-corrected chi connectivity index (χ2v) is 6.84. The van der Waals surface area contributed by atoms with Crippen molar-refractivity contribution in [1.29, 1.82) is 0 Å². The topological polar surface area (TPSA) is 42.4 Å². The fraction of sp³-hybridized carbons (Fsp3) is 0.182. The number of ether oxygens (including phenoxy) is 1. The third-order valence-electron chi connectivity index (χ3n) is 3.87. The minimum Gasteiger partial charge on any atom is -0.491 e. The van der Waals surface area contributed by atoms with E-state index in [-0.39, 0.29) is 12.0 Å². The summed E-state index contributed by atoms with van der Waals surface area (Å²) < 4.78 is 5.65. The number of hydrogen-bond acceptors (Lipinski definition) is 3. The molecule has 1 heterocycles. The van der Waals surface area contributed by atoms with Crippen molar-refractivity contribution in [1.82, 2.24) is 4.98 Å². The summed E-state index contributed by atoms with van der Waals surface area (Å²) in [6.07, 6.45) is 1.76. The predicted molar refractivity (Wildman–Crippen MR) is 108 cm³/mol. The van der Waals surface area contributed by atoms with E-state index in [9.17, 15) is 4.79 Å². The molecule has 1 amide bonds. The molecule has 0 aliphatic carbocycles. The van der Waals surface area contributed by atoms with Crippen LogP contribution in [0.25, 0.3) is 0 Å². The van der Waals surface area contributed by atoms with Crippen LogP contribution >= 0.6 is 11.6 Å². The van der Waals surface area contributed by atoms with Crippen molar-refractivity contribution in [3.63, 3.8) is 0 Å². The van der Waals surface area contributed by atoms with Crippen LogP contribution in [0.4, 0.5) is 5.82 Å². The molecule has 3 aromatic rings. The Labute approximate surface area is 164 Å². The first-order valence-electron chi connectivity index (χ1n) is 8.77. The van der Waals surface area contributed by atoms with Gasteiger partial charge in [-0.3, -0.25) is 9.69 Å². The molecule has 5 heteroatoms. The molecule has 0 unspecified atom stereocenters. The van der Waals surface area contributed by atoms with Crippen LogP contribution in [-0.4, -0.2) is 17.0 Å². The Kier molecular flexibility index (Phi) is 6.09. The van der Waals surface area contributed by atoms with Gasteiger partial charge in [-0.15, -0.1) is 0 Å². The zero-order valence-electron chi connectivity index (χ0n) is 15.3. The van der Waals surface area contributed by atoms with Crippen LogP contribution in [0.3, 0.4) is 0 Å². The molecule has 0 radical (unpaired) electrons. The second-order valence-electron chi connectivity index (χ2n) is 6.40. The van der Waals surface area contributed by atoms with Gasteiger partial charge < -0.3 is 4.74 Å². The molecule has 0 bridgehead atoms. The second kappa shape index (κ2) is 8.69. The molecule has 0 N–H and O–H groups in total. The summed E-state index contributed by atoms with van der Waals surface area (Å²) in [5, 5.41) is 0.635. The molecule has 2 aromatic carbocycles. The lowest BCUT2D eigenvalue weighted by Gasteiger charge is -2.22. The van der Waals surface area contributed by atoms with Gasteiger partial charge in [-0.25, -0.2) is 4.98 Å². The Morgan fingerprint density at radius 3 is 2.48 bits per heavy atom. The first-order valence-corrected chi connectivity index (χ1v) is 9.15. The van der Waals surface area contributed by atoms with E-state index in [1.54, 1.807) is 23.2 Å². The van der Waals surface area contributed by atoms with Gasteiger partial charge in [-0.05, 0) is 67.9 Å². The number of hydrogen-bond donors (Lipinski definition) is 0. The molecule has 138 valence electrons. The van der Waals surface area contributed by atoms with Crippen LogP contribution in [0.15, 0.2) is 72.9 Å². The highest BCUT2D eigenvalue weighted by Gasteiger charge is 2.19. The third kappa shape index (κ3) is 5.08. The number of benzene rings is 2. The number of carbonyl (C=O) groups is 1. The monoisotopic (exact) mass is 380 g/mol. The molecule has 4 nitrogen and oxygen atoms in total. The average molecular weight is 381 g/mol. The summed E-state index contributed by atoms with van der Waals surface area (Å²) in [4.78, 5) is 19.2. The summed E-state index contributed by atoms with van der Waals surface area (Å²) >= 11 is 6.10. The maximum atomic E-state index is 13.2. The van der Waals surface area contributed by atoms with Gasteiger partial charge in [0.1, 0.15) is 11.6 Å². The fourth-order valence-corrected chi connectivity index (χ4v) is 2.91. The van der Waals surface area contributed by atoms with Crippen molar-refractivity contribution in [2.45, 2.75) is 26.5 Å². The molecule has 0 atom stereocenters. The van der Waals surface area contributed by atoms with E-state index in [4.69, 9.17) is 16.3 Å². The summed E-state index contributed by atoms with van der Waals surface area (Å²) in [7, 11) is 0. The number of pyridine rings is 1. The maximum Gasteiger partial charge on any atom is 0.259 e. The van der Waals surface area contributed by atoms with Crippen molar-refractivity contribution >= 4 is 23.3 Å². The minimum atomic E-state index is -0.134. The molecule has 0 saturated carbocycles. The maximum absolute atomic E-state index is 13.2. The van der Waals surface area contributed by atoms with Crippen molar-refractivity contribution in [2.75, 3.05) is 4.90 Å². The van der Waals surface area contributed by atoms with E-state index in [1.807, 2.05) is 68.4 Å². The van der Waals surface area contributed by atoms with Gasteiger partial charge in [-0.1, -0.05) is 29.8 Å². The Balaban J connectivity index is 1.89. The molecular formula is C22H21ClN2O2. The van der Waals surface area contributed by atoms with Gasteiger partial charge in [0.25, 0.3) is 5.91 Å². The average Bonchev–Trinajstić information content (AvgIpc) is 2.66. The molecule has 0 saturated heterocycles. The van der Waals surface area contributed by atoms with Crippen LogP contribution in [0.5, 0.6) is 5.75 Å². The predicted octanol–water partition coefficient (Wildman–Crippen LogP) is 5.37. The SMILES string of the molecule is CC(C)Oc1ccc(C(=O)N(Cc2cccc(Cl)c2)c2ccccn2)cc1. The normalized spacial score (nSPS) is 10.7. The standard InChI is InChI=1S/C22H21ClN2O2/c1-16(2)27-20-11-9-18(10-12-20)22(26)25(21-8-3-4-13-24-21)15-17-6-5-7-19(23)14-17/h3-14,16H,15H2,1-2H3. The van der Waals surface area contributed by atoms with Crippen LogP contribution < -0.4 is 9.64 Å². The molecule has 27 heavy (non-hydrogen) atoms. The highest BCUT2D eigenvalue weighted by molar-refractivity contribution is 6.30.